The molecule has 14 heavy (non-hydrogen) atoms. The van der Waals surface area contributed by atoms with Crippen molar-refractivity contribution in [2.45, 2.75) is 18.9 Å². The van der Waals surface area contributed by atoms with E-state index in [4.69, 9.17) is 5.11 Å². The number of aliphatic hydroxyl groups is 1. The number of hydrogen-bond donors (Lipinski definition) is 1. The minimum atomic E-state index is 0.245. The molecular weight excluding hydrogens is 174 g/mol. The third kappa shape index (κ3) is 1.68. The summed E-state index contributed by atoms with van der Waals surface area (Å²) in [5, 5.41) is 8.90. The zero-order valence-electron chi connectivity index (χ0n) is 8.61. The Morgan fingerprint density at radius 2 is 2.21 bits per heavy atom. The Kier molecular flexibility index (Phi) is 2.85. The number of benzene rings is 1. The van der Waals surface area contributed by atoms with Gasteiger partial charge < -0.3 is 5.11 Å². The van der Waals surface area contributed by atoms with Crippen LogP contribution in [0, 0.1) is 0 Å². The molecular formula is C12H17NO. The zero-order valence-corrected chi connectivity index (χ0v) is 8.61. The van der Waals surface area contributed by atoms with E-state index in [-0.39, 0.29) is 6.61 Å². The molecule has 0 radical (unpaired) electrons. The van der Waals surface area contributed by atoms with Gasteiger partial charge in [-0.15, -0.1) is 0 Å². The van der Waals surface area contributed by atoms with E-state index in [0.717, 1.165) is 6.54 Å². The third-order valence-electron chi connectivity index (χ3n) is 3.09. The van der Waals surface area contributed by atoms with Gasteiger partial charge >= 0.3 is 0 Å². The van der Waals surface area contributed by atoms with Gasteiger partial charge in [0.2, 0.25) is 0 Å². The molecule has 0 unspecified atom stereocenters. The van der Waals surface area contributed by atoms with E-state index in [9.17, 15) is 0 Å². The summed E-state index contributed by atoms with van der Waals surface area (Å²) < 4.78 is 0. The van der Waals surface area contributed by atoms with Gasteiger partial charge in [-0.05, 0) is 31.0 Å². The Morgan fingerprint density at radius 1 is 1.43 bits per heavy atom. The van der Waals surface area contributed by atoms with Gasteiger partial charge in [0.25, 0.3) is 0 Å². The minimum Gasteiger partial charge on any atom is -0.395 e. The molecule has 0 saturated carbocycles. The predicted molar refractivity (Wildman–Crippen MR) is 57.2 cm³/mol. The van der Waals surface area contributed by atoms with E-state index in [1.165, 1.54) is 24.0 Å². The summed E-state index contributed by atoms with van der Waals surface area (Å²) in [6.45, 7) is 1.01. The van der Waals surface area contributed by atoms with Gasteiger partial charge in [-0.25, -0.2) is 0 Å². The number of rotatable bonds is 3. The molecule has 0 aliphatic heterocycles. The maximum absolute atomic E-state index is 8.90. The molecule has 0 heterocycles. The van der Waals surface area contributed by atoms with Crippen LogP contribution in [0.2, 0.25) is 0 Å². The van der Waals surface area contributed by atoms with E-state index in [1.54, 1.807) is 0 Å². The fourth-order valence-corrected chi connectivity index (χ4v) is 2.31. The monoisotopic (exact) mass is 191 g/mol. The zero-order chi connectivity index (χ0) is 9.97. The van der Waals surface area contributed by atoms with E-state index < -0.39 is 0 Å². The highest BCUT2D eigenvalue weighted by Crippen LogP contribution is 2.34. The van der Waals surface area contributed by atoms with Crippen LogP contribution in [0.5, 0.6) is 0 Å². The lowest BCUT2D eigenvalue weighted by molar-refractivity contribution is 0.180. The first-order valence-corrected chi connectivity index (χ1v) is 5.22. The summed E-state index contributed by atoms with van der Waals surface area (Å²) in [6, 6.07) is 9.14. The van der Waals surface area contributed by atoms with Crippen molar-refractivity contribution >= 4 is 0 Å². The van der Waals surface area contributed by atoms with Crippen LogP contribution in [0.15, 0.2) is 24.3 Å². The number of nitrogens with zero attached hydrogens (tertiary/aromatic N) is 1. The van der Waals surface area contributed by atoms with Crippen LogP contribution >= 0.6 is 0 Å². The van der Waals surface area contributed by atoms with E-state index in [0.29, 0.717) is 6.04 Å². The highest BCUT2D eigenvalue weighted by molar-refractivity contribution is 5.34. The number of hydrogen-bond acceptors (Lipinski definition) is 2. The lowest BCUT2D eigenvalue weighted by Gasteiger charge is -2.24. The molecule has 0 saturated heterocycles. The molecule has 0 amide bonds. The van der Waals surface area contributed by atoms with Gasteiger partial charge in [0, 0.05) is 12.6 Å². The molecule has 2 heteroatoms. The fraction of sp³-hybridized carbons (Fsp3) is 0.500. The molecule has 0 fully saturated rings. The topological polar surface area (TPSA) is 23.5 Å². The van der Waals surface area contributed by atoms with Gasteiger partial charge in [0.15, 0.2) is 0 Å². The van der Waals surface area contributed by atoms with Crippen molar-refractivity contribution in [1.82, 2.24) is 4.90 Å². The SMILES string of the molecule is CN(CCO)[C@@H]1CCc2ccccc21. The Labute approximate surface area is 85.2 Å². The van der Waals surface area contributed by atoms with Crippen LogP contribution < -0.4 is 0 Å². The molecule has 0 aromatic heterocycles. The largest absolute Gasteiger partial charge is 0.395 e. The first kappa shape index (κ1) is 9.69. The average molecular weight is 191 g/mol. The molecule has 0 spiro atoms. The Hall–Kier alpha value is -0.860. The third-order valence-corrected chi connectivity index (χ3v) is 3.09. The molecule has 1 aliphatic carbocycles. The van der Waals surface area contributed by atoms with Crippen LogP contribution in [-0.2, 0) is 6.42 Å². The summed E-state index contributed by atoms with van der Waals surface area (Å²) in [7, 11) is 2.09. The Bertz CT molecular complexity index is 311. The highest BCUT2D eigenvalue weighted by Gasteiger charge is 2.24. The molecule has 2 rings (SSSR count). The quantitative estimate of drug-likeness (QED) is 0.784. The second-order valence-corrected chi connectivity index (χ2v) is 3.96. The molecule has 1 aromatic rings. The van der Waals surface area contributed by atoms with Crippen molar-refractivity contribution in [2.75, 3.05) is 20.2 Å². The second kappa shape index (κ2) is 4.11. The summed E-state index contributed by atoms with van der Waals surface area (Å²) in [6.07, 6.45) is 2.37. The smallest absolute Gasteiger partial charge is 0.0558 e. The lowest BCUT2D eigenvalue weighted by Crippen LogP contribution is -2.25. The number of likely N-dealkylation sites (N-methyl/N-ethyl adjacent to an activating group) is 1. The van der Waals surface area contributed by atoms with Crippen molar-refractivity contribution in [2.24, 2.45) is 0 Å². The Morgan fingerprint density at radius 3 is 3.00 bits per heavy atom. The fourth-order valence-electron chi connectivity index (χ4n) is 2.31. The molecule has 2 nitrogen and oxygen atoms in total. The summed E-state index contributed by atoms with van der Waals surface area (Å²) in [4.78, 5) is 2.24. The summed E-state index contributed by atoms with van der Waals surface area (Å²) >= 11 is 0. The van der Waals surface area contributed by atoms with Crippen molar-refractivity contribution in [1.29, 1.82) is 0 Å². The molecule has 1 aromatic carbocycles. The maximum Gasteiger partial charge on any atom is 0.0558 e. The highest BCUT2D eigenvalue weighted by atomic mass is 16.3. The van der Waals surface area contributed by atoms with Crippen molar-refractivity contribution in [3.05, 3.63) is 35.4 Å². The second-order valence-electron chi connectivity index (χ2n) is 3.96. The van der Waals surface area contributed by atoms with Crippen LogP contribution in [0.3, 0.4) is 0 Å². The van der Waals surface area contributed by atoms with Crippen molar-refractivity contribution in [3.8, 4) is 0 Å². The molecule has 1 aliphatic rings. The number of aliphatic hydroxyl groups excluding tert-OH is 1. The summed E-state index contributed by atoms with van der Waals surface area (Å²) in [5.41, 5.74) is 2.92. The summed E-state index contributed by atoms with van der Waals surface area (Å²) in [5.74, 6) is 0. The molecule has 0 bridgehead atoms. The predicted octanol–water partition coefficient (Wildman–Crippen LogP) is 1.60. The average Bonchev–Trinajstić information content (AvgIpc) is 2.61. The first-order chi connectivity index (χ1) is 6.83. The van der Waals surface area contributed by atoms with Crippen molar-refractivity contribution in [3.63, 3.8) is 0 Å². The van der Waals surface area contributed by atoms with Gasteiger partial charge in [0.1, 0.15) is 0 Å². The molecule has 76 valence electrons. The number of aryl methyl sites for hydroxylation is 1. The standard InChI is InChI=1S/C12H17NO/c1-13(8-9-14)12-7-6-10-4-2-3-5-11(10)12/h2-5,12,14H,6-9H2,1H3/t12-/m1/s1. The van der Waals surface area contributed by atoms with Crippen LogP contribution in [0.25, 0.3) is 0 Å². The maximum atomic E-state index is 8.90. The molecule has 1 atom stereocenters. The first-order valence-electron chi connectivity index (χ1n) is 5.22. The van der Waals surface area contributed by atoms with Crippen LogP contribution in [0.1, 0.15) is 23.6 Å². The van der Waals surface area contributed by atoms with Crippen LogP contribution in [-0.4, -0.2) is 30.2 Å². The minimum absolute atomic E-state index is 0.245. The van der Waals surface area contributed by atoms with Gasteiger partial charge in [-0.1, -0.05) is 24.3 Å². The molecule has 1 N–H and O–H groups in total. The van der Waals surface area contributed by atoms with Gasteiger partial charge in [0.05, 0.1) is 6.61 Å². The van der Waals surface area contributed by atoms with Gasteiger partial charge in [-0.3, -0.25) is 4.90 Å². The van der Waals surface area contributed by atoms with Crippen LogP contribution in [0.4, 0.5) is 0 Å². The normalized spacial score (nSPS) is 20.1. The lowest BCUT2D eigenvalue weighted by atomic mass is 10.1. The van der Waals surface area contributed by atoms with Gasteiger partial charge in [-0.2, -0.15) is 0 Å². The van der Waals surface area contributed by atoms with E-state index >= 15 is 0 Å². The number of fused-ring (bicyclic) bond motifs is 1. The van der Waals surface area contributed by atoms with E-state index in [1.807, 2.05) is 0 Å². The van der Waals surface area contributed by atoms with Crippen molar-refractivity contribution < 1.29 is 5.11 Å². The van der Waals surface area contributed by atoms with E-state index in [2.05, 4.69) is 36.2 Å². The Balaban J connectivity index is 2.17.